The van der Waals surface area contributed by atoms with Gasteiger partial charge in [-0.2, -0.15) is 4.98 Å². The van der Waals surface area contributed by atoms with E-state index in [0.717, 1.165) is 28.6 Å². The lowest BCUT2D eigenvalue weighted by Gasteiger charge is -2.13. The fourth-order valence-electron chi connectivity index (χ4n) is 1.87. The first kappa shape index (κ1) is 14.3. The van der Waals surface area contributed by atoms with E-state index in [4.69, 9.17) is 5.11 Å². The molecule has 2 rings (SSSR count). The Bertz CT molecular complexity index is 710. The number of aryl methyl sites for hydroxylation is 2. The average molecular weight is 290 g/mol. The van der Waals surface area contributed by atoms with Crippen molar-refractivity contribution < 1.29 is 9.90 Å². The molecule has 0 aliphatic carbocycles. The molecule has 0 amide bonds. The highest BCUT2D eigenvalue weighted by Crippen LogP contribution is 2.21. The van der Waals surface area contributed by atoms with Crippen molar-refractivity contribution >= 4 is 17.7 Å². The minimum atomic E-state index is -0.944. The zero-order valence-electron chi connectivity index (χ0n) is 11.2. The molecule has 20 heavy (non-hydrogen) atoms. The molecule has 0 bridgehead atoms. The largest absolute Gasteiger partial charge is 0.481 e. The molecule has 0 atom stereocenters. The molecule has 0 fully saturated rings. The maximum Gasteiger partial charge on any atom is 0.313 e. The average Bonchev–Trinajstić information content (AvgIpc) is 2.37. The van der Waals surface area contributed by atoms with Crippen LogP contribution >= 0.6 is 11.8 Å². The summed E-state index contributed by atoms with van der Waals surface area (Å²) in [5, 5.41) is 9.14. The highest BCUT2D eigenvalue weighted by Gasteiger charge is 2.10. The van der Waals surface area contributed by atoms with Crippen LogP contribution in [0.4, 0.5) is 0 Å². The van der Waals surface area contributed by atoms with E-state index >= 15 is 0 Å². The minimum absolute atomic E-state index is 0.138. The van der Waals surface area contributed by atoms with E-state index in [9.17, 15) is 9.59 Å². The van der Waals surface area contributed by atoms with Crippen molar-refractivity contribution in [3.63, 3.8) is 0 Å². The Morgan fingerprint density at radius 1 is 1.35 bits per heavy atom. The molecule has 6 heteroatoms. The van der Waals surface area contributed by atoms with Gasteiger partial charge < -0.3 is 5.11 Å². The number of aromatic nitrogens is 2. The molecular weight excluding hydrogens is 276 g/mol. The van der Waals surface area contributed by atoms with Gasteiger partial charge in [0.1, 0.15) is 0 Å². The highest BCUT2D eigenvalue weighted by molar-refractivity contribution is 7.99. The lowest BCUT2D eigenvalue weighted by Crippen LogP contribution is -2.13. The quantitative estimate of drug-likeness (QED) is 0.689. The van der Waals surface area contributed by atoms with Gasteiger partial charge >= 0.3 is 5.97 Å². The van der Waals surface area contributed by atoms with Gasteiger partial charge in [0.15, 0.2) is 5.16 Å². The van der Waals surface area contributed by atoms with Crippen molar-refractivity contribution in [2.45, 2.75) is 19.0 Å². The molecule has 0 unspecified atom stereocenters. The summed E-state index contributed by atoms with van der Waals surface area (Å²) in [5.41, 5.74) is 2.68. The molecule has 0 saturated carbocycles. The van der Waals surface area contributed by atoms with Gasteiger partial charge in [-0.3, -0.25) is 14.2 Å². The molecular formula is C14H14N2O3S. The molecule has 0 spiro atoms. The molecule has 1 aromatic carbocycles. The van der Waals surface area contributed by atoms with Crippen LogP contribution in [0.3, 0.4) is 0 Å². The number of nitrogens with zero attached hydrogens (tertiary/aromatic N) is 2. The van der Waals surface area contributed by atoms with Crippen molar-refractivity contribution in [1.82, 2.24) is 9.55 Å². The number of carboxylic acid groups (broad SMARTS) is 1. The summed E-state index contributed by atoms with van der Waals surface area (Å²) in [6.45, 7) is 3.96. The summed E-state index contributed by atoms with van der Waals surface area (Å²) >= 11 is 1.03. The van der Waals surface area contributed by atoms with E-state index in [-0.39, 0.29) is 11.3 Å². The third-order valence-electron chi connectivity index (χ3n) is 2.71. The van der Waals surface area contributed by atoms with Gasteiger partial charge in [0.05, 0.1) is 11.4 Å². The zero-order valence-corrected chi connectivity index (χ0v) is 12.0. The van der Waals surface area contributed by atoms with Crippen molar-refractivity contribution in [2.75, 3.05) is 5.75 Å². The predicted molar refractivity (Wildman–Crippen MR) is 77.7 cm³/mol. The van der Waals surface area contributed by atoms with Crippen molar-refractivity contribution in [2.24, 2.45) is 0 Å². The second-order valence-corrected chi connectivity index (χ2v) is 5.33. The standard InChI is InChI=1S/C14H14N2O3S/c1-9-3-4-11(10(2)7-9)16-6-5-12(17)15-14(16)20-8-13(18)19/h3-7H,8H2,1-2H3,(H,18,19). The molecule has 5 nitrogen and oxygen atoms in total. The Balaban J connectivity index is 2.49. The first-order valence-electron chi connectivity index (χ1n) is 5.99. The lowest BCUT2D eigenvalue weighted by molar-refractivity contribution is -0.133. The van der Waals surface area contributed by atoms with Crippen molar-refractivity contribution in [3.05, 3.63) is 51.9 Å². The van der Waals surface area contributed by atoms with Crippen LogP contribution in [0.15, 0.2) is 40.4 Å². The van der Waals surface area contributed by atoms with E-state index in [2.05, 4.69) is 4.98 Å². The SMILES string of the molecule is Cc1ccc(-n2ccc(=O)nc2SCC(=O)O)c(C)c1. The monoisotopic (exact) mass is 290 g/mol. The molecule has 0 aliphatic heterocycles. The summed E-state index contributed by atoms with van der Waals surface area (Å²) in [5.74, 6) is -1.08. The third kappa shape index (κ3) is 3.27. The third-order valence-corrected chi connectivity index (χ3v) is 3.65. The Kier molecular flexibility index (Phi) is 4.24. The van der Waals surface area contributed by atoms with Crippen LogP contribution in [0.2, 0.25) is 0 Å². The van der Waals surface area contributed by atoms with E-state index in [1.165, 1.54) is 6.07 Å². The van der Waals surface area contributed by atoms with Gasteiger partial charge in [0, 0.05) is 12.3 Å². The molecule has 1 N–H and O–H groups in total. The first-order chi connectivity index (χ1) is 9.47. The Hall–Kier alpha value is -2.08. The zero-order chi connectivity index (χ0) is 14.7. The molecule has 0 saturated heterocycles. The Labute approximate surface area is 120 Å². The van der Waals surface area contributed by atoms with Crippen LogP contribution in [-0.4, -0.2) is 26.4 Å². The lowest BCUT2D eigenvalue weighted by atomic mass is 10.1. The van der Waals surface area contributed by atoms with Crippen molar-refractivity contribution in [3.8, 4) is 5.69 Å². The molecule has 1 aromatic heterocycles. The number of benzene rings is 1. The van der Waals surface area contributed by atoms with E-state index in [1.54, 1.807) is 10.8 Å². The van der Waals surface area contributed by atoms with E-state index in [1.807, 2.05) is 32.0 Å². The van der Waals surface area contributed by atoms with Crippen LogP contribution in [0.5, 0.6) is 0 Å². The predicted octanol–water partition coefficient (Wildman–Crippen LogP) is 2.03. The van der Waals surface area contributed by atoms with Crippen LogP contribution in [0.25, 0.3) is 5.69 Å². The van der Waals surface area contributed by atoms with Gasteiger partial charge in [-0.1, -0.05) is 29.5 Å². The van der Waals surface area contributed by atoms with Gasteiger partial charge in [-0.15, -0.1) is 0 Å². The normalized spacial score (nSPS) is 10.5. The fourth-order valence-corrected chi connectivity index (χ4v) is 2.58. The molecule has 2 aromatic rings. The van der Waals surface area contributed by atoms with Crippen molar-refractivity contribution in [1.29, 1.82) is 0 Å². The molecule has 0 radical (unpaired) electrons. The van der Waals surface area contributed by atoms with Gasteiger partial charge in [-0.05, 0) is 25.5 Å². The van der Waals surface area contributed by atoms with E-state index < -0.39 is 5.97 Å². The van der Waals surface area contributed by atoms with Crippen LogP contribution in [0, 0.1) is 13.8 Å². The number of carboxylic acids is 1. The van der Waals surface area contributed by atoms with Crippen LogP contribution < -0.4 is 5.56 Å². The summed E-state index contributed by atoms with van der Waals surface area (Å²) in [6.07, 6.45) is 1.62. The molecule has 0 aliphatic rings. The highest BCUT2D eigenvalue weighted by atomic mass is 32.2. The number of carbonyl (C=O) groups is 1. The Morgan fingerprint density at radius 3 is 2.75 bits per heavy atom. The maximum atomic E-state index is 11.4. The van der Waals surface area contributed by atoms with E-state index in [0.29, 0.717) is 5.16 Å². The molecule has 1 heterocycles. The number of hydrogen-bond donors (Lipinski definition) is 1. The summed E-state index contributed by atoms with van der Waals surface area (Å²) < 4.78 is 1.74. The Morgan fingerprint density at radius 2 is 2.10 bits per heavy atom. The summed E-state index contributed by atoms with van der Waals surface area (Å²) in [7, 11) is 0. The minimum Gasteiger partial charge on any atom is -0.481 e. The second kappa shape index (κ2) is 5.92. The number of aliphatic carboxylic acids is 1. The fraction of sp³-hybridized carbons (Fsp3) is 0.214. The smallest absolute Gasteiger partial charge is 0.313 e. The van der Waals surface area contributed by atoms with Crippen LogP contribution in [0.1, 0.15) is 11.1 Å². The van der Waals surface area contributed by atoms with Gasteiger partial charge in [-0.25, -0.2) is 0 Å². The van der Waals surface area contributed by atoms with Crippen LogP contribution in [-0.2, 0) is 4.79 Å². The molecule has 104 valence electrons. The summed E-state index contributed by atoms with van der Waals surface area (Å²) in [6, 6.07) is 7.29. The number of thioether (sulfide) groups is 1. The number of rotatable bonds is 4. The first-order valence-corrected chi connectivity index (χ1v) is 6.98. The number of hydrogen-bond acceptors (Lipinski definition) is 4. The van der Waals surface area contributed by atoms with Gasteiger partial charge in [0.25, 0.3) is 5.56 Å². The topological polar surface area (TPSA) is 72.2 Å². The second-order valence-electron chi connectivity index (χ2n) is 4.39. The maximum absolute atomic E-state index is 11.4. The summed E-state index contributed by atoms with van der Waals surface area (Å²) in [4.78, 5) is 25.9. The van der Waals surface area contributed by atoms with Gasteiger partial charge in [0.2, 0.25) is 0 Å².